The molecule has 2 nitrogen and oxygen atoms in total. The van der Waals surface area contributed by atoms with Gasteiger partial charge in [-0.3, -0.25) is 4.39 Å². The molecular formula is C15H27FO2. The van der Waals surface area contributed by atoms with Gasteiger partial charge in [0.15, 0.2) is 0 Å². The second-order valence-electron chi connectivity index (χ2n) is 3.14. The monoisotopic (exact) mass is 258 g/mol. The van der Waals surface area contributed by atoms with Crippen LogP contribution in [0.5, 0.6) is 5.75 Å². The Morgan fingerprint density at radius 3 is 2.22 bits per heavy atom. The fourth-order valence-electron chi connectivity index (χ4n) is 1.18. The summed E-state index contributed by atoms with van der Waals surface area (Å²) in [5.41, 5.74) is 1.88. The Hall–Kier alpha value is -1.09. The number of ether oxygens (including phenoxy) is 1. The molecule has 0 heterocycles. The zero-order chi connectivity index (χ0) is 14.4. The normalized spacial score (nSPS) is 8.61. The van der Waals surface area contributed by atoms with E-state index >= 15 is 0 Å². The van der Waals surface area contributed by atoms with Crippen molar-refractivity contribution >= 4 is 0 Å². The maximum atomic E-state index is 11.8. The number of aliphatic hydroxyl groups is 1. The fourth-order valence-corrected chi connectivity index (χ4v) is 1.18. The van der Waals surface area contributed by atoms with Crippen LogP contribution in [0.25, 0.3) is 0 Å². The molecule has 1 aromatic carbocycles. The summed E-state index contributed by atoms with van der Waals surface area (Å²) >= 11 is 0. The number of hydrogen-bond acceptors (Lipinski definition) is 2. The molecule has 1 N–H and O–H groups in total. The first-order valence-electron chi connectivity index (χ1n) is 6.67. The smallest absolute Gasteiger partial charge is 0.119 e. The Balaban J connectivity index is 0. The summed E-state index contributed by atoms with van der Waals surface area (Å²) in [7, 11) is 0. The van der Waals surface area contributed by atoms with Crippen LogP contribution in [0.1, 0.15) is 45.2 Å². The van der Waals surface area contributed by atoms with E-state index in [1.807, 2.05) is 46.8 Å². The summed E-state index contributed by atoms with van der Waals surface area (Å²) in [5, 5.41) is 8.93. The minimum absolute atomic E-state index is 0.0383. The van der Waals surface area contributed by atoms with E-state index in [0.29, 0.717) is 13.0 Å². The Morgan fingerprint density at radius 2 is 1.78 bits per heavy atom. The van der Waals surface area contributed by atoms with E-state index in [9.17, 15) is 4.39 Å². The second-order valence-corrected chi connectivity index (χ2v) is 3.14. The summed E-state index contributed by atoms with van der Waals surface area (Å²) in [6.45, 7) is 9.99. The van der Waals surface area contributed by atoms with Gasteiger partial charge in [-0.05, 0) is 30.2 Å². The van der Waals surface area contributed by atoms with Crippen LogP contribution >= 0.6 is 0 Å². The molecule has 1 aromatic rings. The number of benzene rings is 1. The van der Waals surface area contributed by atoms with Gasteiger partial charge < -0.3 is 9.84 Å². The van der Waals surface area contributed by atoms with Gasteiger partial charge in [-0.2, -0.15) is 0 Å². The number of aliphatic hydroxyl groups excluding tert-OH is 1. The number of alkyl halides is 1. The van der Waals surface area contributed by atoms with E-state index in [1.165, 1.54) is 0 Å². The minimum atomic E-state index is -0.353. The summed E-state index contributed by atoms with van der Waals surface area (Å²) in [6.07, 6.45) is 0.417. The molecule has 0 fully saturated rings. The van der Waals surface area contributed by atoms with Gasteiger partial charge in [0, 0.05) is 6.42 Å². The van der Waals surface area contributed by atoms with Crippen LogP contribution in [-0.4, -0.2) is 18.4 Å². The van der Waals surface area contributed by atoms with Gasteiger partial charge >= 0.3 is 0 Å². The second kappa shape index (κ2) is 14.0. The average Bonchev–Trinajstić information content (AvgIpc) is 2.44. The summed E-state index contributed by atoms with van der Waals surface area (Å²) < 4.78 is 17.1. The summed E-state index contributed by atoms with van der Waals surface area (Å²) in [4.78, 5) is 0. The van der Waals surface area contributed by atoms with Gasteiger partial charge in [-0.15, -0.1) is 0 Å². The van der Waals surface area contributed by atoms with Crippen molar-refractivity contribution in [2.45, 2.75) is 47.6 Å². The van der Waals surface area contributed by atoms with Crippen LogP contribution in [0.2, 0.25) is 0 Å². The third-order valence-electron chi connectivity index (χ3n) is 2.03. The van der Waals surface area contributed by atoms with Crippen LogP contribution in [-0.2, 0) is 6.61 Å². The van der Waals surface area contributed by atoms with E-state index in [2.05, 4.69) is 0 Å². The molecule has 18 heavy (non-hydrogen) atoms. The summed E-state index contributed by atoms with van der Waals surface area (Å²) in [6, 6.07) is 5.46. The van der Waals surface area contributed by atoms with Gasteiger partial charge in [0.1, 0.15) is 5.75 Å². The molecule has 0 unspecified atom stereocenters. The Labute approximate surface area is 111 Å². The Bertz CT molecular complexity index is 288. The van der Waals surface area contributed by atoms with Crippen LogP contribution in [0.15, 0.2) is 18.2 Å². The molecule has 0 amide bonds. The van der Waals surface area contributed by atoms with E-state index in [-0.39, 0.29) is 13.3 Å². The molecule has 0 radical (unpaired) electrons. The number of halogens is 1. The van der Waals surface area contributed by atoms with Crippen molar-refractivity contribution in [1.29, 1.82) is 0 Å². The zero-order valence-electron chi connectivity index (χ0n) is 12.3. The van der Waals surface area contributed by atoms with Crippen molar-refractivity contribution in [2.24, 2.45) is 0 Å². The molecule has 0 aliphatic carbocycles. The molecule has 0 saturated heterocycles. The first-order chi connectivity index (χ1) is 8.77. The van der Waals surface area contributed by atoms with Crippen LogP contribution in [0.4, 0.5) is 4.39 Å². The highest BCUT2D eigenvalue weighted by Gasteiger charge is 1.99. The molecule has 0 bridgehead atoms. The maximum Gasteiger partial charge on any atom is 0.119 e. The zero-order valence-corrected chi connectivity index (χ0v) is 12.3. The van der Waals surface area contributed by atoms with Gasteiger partial charge in [0.05, 0.1) is 19.9 Å². The molecule has 0 aromatic heterocycles. The molecule has 0 aliphatic heterocycles. The lowest BCUT2D eigenvalue weighted by Crippen LogP contribution is -1.99. The minimum Gasteiger partial charge on any atom is -0.493 e. The van der Waals surface area contributed by atoms with Crippen molar-refractivity contribution in [1.82, 2.24) is 0 Å². The average molecular weight is 258 g/mol. The topological polar surface area (TPSA) is 29.5 Å². The third kappa shape index (κ3) is 8.07. The lowest BCUT2D eigenvalue weighted by Gasteiger charge is -2.07. The van der Waals surface area contributed by atoms with Crippen LogP contribution in [0.3, 0.4) is 0 Å². The summed E-state index contributed by atoms with van der Waals surface area (Å²) in [5.74, 6) is 0.730. The van der Waals surface area contributed by atoms with Crippen LogP contribution < -0.4 is 4.74 Å². The highest BCUT2D eigenvalue weighted by Crippen LogP contribution is 2.17. The van der Waals surface area contributed by atoms with E-state index in [0.717, 1.165) is 16.9 Å². The molecular weight excluding hydrogens is 231 g/mol. The van der Waals surface area contributed by atoms with Gasteiger partial charge in [-0.25, -0.2) is 0 Å². The highest BCUT2D eigenvalue weighted by molar-refractivity contribution is 5.34. The Morgan fingerprint density at radius 1 is 1.17 bits per heavy atom. The molecule has 0 spiro atoms. The number of hydrogen-bond donors (Lipinski definition) is 1. The fraction of sp³-hybridized carbons (Fsp3) is 0.600. The predicted octanol–water partition coefficient (Wildman–Crippen LogP) is 4.28. The van der Waals surface area contributed by atoms with Gasteiger partial charge in [0.2, 0.25) is 0 Å². The molecule has 0 aliphatic rings. The van der Waals surface area contributed by atoms with Crippen molar-refractivity contribution in [3.63, 3.8) is 0 Å². The SMILES string of the molecule is CC.CC.Cc1cc(OCCCF)ccc1CO. The van der Waals surface area contributed by atoms with E-state index < -0.39 is 0 Å². The van der Waals surface area contributed by atoms with Crippen molar-refractivity contribution in [3.05, 3.63) is 29.3 Å². The standard InChI is InChI=1S/C11H15FO2.2C2H6/c1-9-7-11(14-6-2-5-12)4-3-10(9)8-13;2*1-2/h3-4,7,13H,2,5-6,8H2,1H3;2*1-2H3. The number of rotatable bonds is 5. The first kappa shape index (κ1) is 19.3. The molecule has 1 rings (SSSR count). The van der Waals surface area contributed by atoms with Gasteiger partial charge in [0.25, 0.3) is 0 Å². The van der Waals surface area contributed by atoms with Crippen molar-refractivity contribution in [3.8, 4) is 5.75 Å². The predicted molar refractivity (Wildman–Crippen MR) is 75.9 cm³/mol. The molecule has 0 saturated carbocycles. The number of aryl methyl sites for hydroxylation is 1. The molecule has 106 valence electrons. The maximum absolute atomic E-state index is 11.8. The molecule has 3 heteroatoms. The quantitative estimate of drug-likeness (QED) is 0.799. The lowest BCUT2D eigenvalue weighted by molar-refractivity contribution is 0.278. The van der Waals surface area contributed by atoms with Crippen LogP contribution in [0, 0.1) is 6.92 Å². The first-order valence-corrected chi connectivity index (χ1v) is 6.67. The van der Waals surface area contributed by atoms with Crippen molar-refractivity contribution < 1.29 is 14.2 Å². The van der Waals surface area contributed by atoms with E-state index in [4.69, 9.17) is 9.84 Å². The van der Waals surface area contributed by atoms with Gasteiger partial charge in [-0.1, -0.05) is 33.8 Å². The van der Waals surface area contributed by atoms with E-state index in [1.54, 1.807) is 6.07 Å². The highest BCUT2D eigenvalue weighted by atomic mass is 19.1. The van der Waals surface area contributed by atoms with Crippen molar-refractivity contribution in [2.75, 3.05) is 13.3 Å². The largest absolute Gasteiger partial charge is 0.493 e. The molecule has 0 atom stereocenters. The Kier molecular flexibility index (Phi) is 14.9. The lowest BCUT2D eigenvalue weighted by atomic mass is 10.1. The third-order valence-corrected chi connectivity index (χ3v) is 2.03.